The van der Waals surface area contributed by atoms with Gasteiger partial charge in [-0.3, -0.25) is 9.78 Å². The summed E-state index contributed by atoms with van der Waals surface area (Å²) < 4.78 is 7.19. The van der Waals surface area contributed by atoms with Gasteiger partial charge in [-0.05, 0) is 61.3 Å². The summed E-state index contributed by atoms with van der Waals surface area (Å²) >= 11 is 0. The van der Waals surface area contributed by atoms with E-state index in [2.05, 4.69) is 33.3 Å². The number of benzene rings is 1. The predicted molar refractivity (Wildman–Crippen MR) is 139 cm³/mol. The SMILES string of the molecule is COCc1c(C(=O)N2CCCC[C@H]2c2cccnc2)cnn1-c1ncc2c(n1)-c1ccccc1CCC2. The van der Waals surface area contributed by atoms with Crippen molar-refractivity contribution in [2.45, 2.75) is 51.2 Å². The maximum atomic E-state index is 13.9. The van der Waals surface area contributed by atoms with Gasteiger partial charge in [-0.25, -0.2) is 9.97 Å². The molecule has 188 valence electrons. The molecule has 1 aromatic carbocycles. The number of hydrogen-bond acceptors (Lipinski definition) is 6. The number of aryl methyl sites for hydroxylation is 2. The number of methoxy groups -OCH3 is 1. The number of amides is 1. The van der Waals surface area contributed by atoms with Crippen molar-refractivity contribution in [3.05, 3.63) is 89.1 Å². The number of rotatable bonds is 5. The smallest absolute Gasteiger partial charge is 0.257 e. The van der Waals surface area contributed by atoms with Crippen LogP contribution in [0.3, 0.4) is 0 Å². The Morgan fingerprint density at radius 2 is 1.92 bits per heavy atom. The summed E-state index contributed by atoms with van der Waals surface area (Å²) in [5.41, 5.74) is 6.76. The molecular formula is C29H30N6O2. The highest BCUT2D eigenvalue weighted by molar-refractivity contribution is 5.95. The quantitative estimate of drug-likeness (QED) is 0.399. The Hall–Kier alpha value is -3.91. The van der Waals surface area contributed by atoms with Crippen molar-refractivity contribution in [1.29, 1.82) is 0 Å². The van der Waals surface area contributed by atoms with E-state index in [9.17, 15) is 4.79 Å². The number of nitrogens with zero attached hydrogens (tertiary/aromatic N) is 6. The monoisotopic (exact) mass is 494 g/mol. The third-order valence-electron chi connectivity index (χ3n) is 7.42. The maximum Gasteiger partial charge on any atom is 0.257 e. The number of fused-ring (bicyclic) bond motifs is 3. The Balaban J connectivity index is 1.39. The minimum Gasteiger partial charge on any atom is -0.378 e. The van der Waals surface area contributed by atoms with Crippen LogP contribution < -0.4 is 0 Å². The largest absolute Gasteiger partial charge is 0.378 e. The summed E-state index contributed by atoms with van der Waals surface area (Å²) in [5, 5.41) is 4.60. The molecule has 8 heteroatoms. The molecule has 4 heterocycles. The van der Waals surface area contributed by atoms with E-state index in [1.807, 2.05) is 35.5 Å². The summed E-state index contributed by atoms with van der Waals surface area (Å²) in [6, 6.07) is 12.4. The van der Waals surface area contributed by atoms with Gasteiger partial charge in [-0.1, -0.05) is 30.3 Å². The molecule has 1 aliphatic heterocycles. The Bertz CT molecular complexity index is 1420. The fourth-order valence-electron chi connectivity index (χ4n) is 5.60. The van der Waals surface area contributed by atoms with E-state index in [1.54, 1.807) is 24.2 Å². The third-order valence-corrected chi connectivity index (χ3v) is 7.42. The summed E-state index contributed by atoms with van der Waals surface area (Å²) in [6.07, 6.45) is 13.1. The number of likely N-dealkylation sites (tertiary alicyclic amines) is 1. The average Bonchev–Trinajstić information content (AvgIpc) is 3.28. The van der Waals surface area contributed by atoms with Gasteiger partial charge < -0.3 is 9.64 Å². The number of carbonyl (C=O) groups excluding carboxylic acids is 1. The molecule has 0 saturated carbocycles. The van der Waals surface area contributed by atoms with Crippen LogP contribution in [0.2, 0.25) is 0 Å². The molecule has 1 saturated heterocycles. The fraction of sp³-hybridized carbons (Fsp3) is 0.345. The van der Waals surface area contributed by atoms with Crippen molar-refractivity contribution in [1.82, 2.24) is 29.6 Å². The van der Waals surface area contributed by atoms with E-state index in [1.165, 1.54) is 5.56 Å². The second kappa shape index (κ2) is 10.2. The lowest BCUT2D eigenvalue weighted by atomic mass is 9.95. The topological polar surface area (TPSA) is 86.0 Å². The molecule has 8 nitrogen and oxygen atoms in total. The molecule has 0 unspecified atom stereocenters. The number of aromatic nitrogens is 5. The molecule has 0 N–H and O–H groups in total. The molecule has 1 aliphatic carbocycles. The Kier molecular flexibility index (Phi) is 6.49. The summed E-state index contributed by atoms with van der Waals surface area (Å²) in [7, 11) is 1.62. The molecule has 0 bridgehead atoms. The van der Waals surface area contributed by atoms with Crippen LogP contribution >= 0.6 is 0 Å². The van der Waals surface area contributed by atoms with E-state index in [4.69, 9.17) is 9.72 Å². The first kappa shape index (κ1) is 23.5. The standard InChI is InChI=1S/C29H30N6O2/c1-37-19-26-24(28(36)34-15-5-4-13-25(34)21-11-7-14-30-16-21)18-32-35(26)29-31-17-22-10-6-9-20-8-2-3-12-23(20)27(22)33-29/h2-3,7-8,11-12,14,16-18,25H,4-6,9-10,13,15,19H2,1H3/t25-/m0/s1. The molecule has 4 aromatic rings. The molecule has 3 aromatic heterocycles. The Morgan fingerprint density at radius 1 is 1.03 bits per heavy atom. The average molecular weight is 495 g/mol. The normalized spacial score (nSPS) is 17.1. The first-order valence-electron chi connectivity index (χ1n) is 13.0. The van der Waals surface area contributed by atoms with Gasteiger partial charge in [0.05, 0.1) is 35.8 Å². The van der Waals surface area contributed by atoms with Crippen LogP contribution in [0, 0.1) is 0 Å². The summed E-state index contributed by atoms with van der Waals surface area (Å²) in [5.74, 6) is 0.399. The maximum absolute atomic E-state index is 13.9. The second-order valence-corrected chi connectivity index (χ2v) is 9.70. The van der Waals surface area contributed by atoms with Crippen molar-refractivity contribution < 1.29 is 9.53 Å². The molecule has 37 heavy (non-hydrogen) atoms. The van der Waals surface area contributed by atoms with Gasteiger partial charge in [0.25, 0.3) is 11.9 Å². The fourth-order valence-corrected chi connectivity index (χ4v) is 5.60. The second-order valence-electron chi connectivity index (χ2n) is 9.70. The van der Waals surface area contributed by atoms with Crippen molar-refractivity contribution >= 4 is 5.91 Å². The van der Waals surface area contributed by atoms with Gasteiger partial charge in [0, 0.05) is 37.8 Å². The van der Waals surface area contributed by atoms with E-state index < -0.39 is 0 Å². The molecule has 6 rings (SSSR count). The van der Waals surface area contributed by atoms with Gasteiger partial charge in [-0.2, -0.15) is 9.78 Å². The zero-order valence-electron chi connectivity index (χ0n) is 21.0. The Labute approximate surface area is 216 Å². The first-order chi connectivity index (χ1) is 18.2. The number of carbonyl (C=O) groups is 1. The van der Waals surface area contributed by atoms with E-state index >= 15 is 0 Å². The highest BCUT2D eigenvalue weighted by Gasteiger charge is 2.32. The van der Waals surface area contributed by atoms with Gasteiger partial charge in [0.15, 0.2) is 0 Å². The van der Waals surface area contributed by atoms with Crippen molar-refractivity contribution in [3.63, 3.8) is 0 Å². The molecule has 1 fully saturated rings. The van der Waals surface area contributed by atoms with Gasteiger partial charge in [0.2, 0.25) is 0 Å². The number of piperidine rings is 1. The lowest BCUT2D eigenvalue weighted by molar-refractivity contribution is 0.0606. The van der Waals surface area contributed by atoms with Crippen molar-refractivity contribution in [2.24, 2.45) is 0 Å². The molecule has 2 aliphatic rings. The molecule has 1 amide bonds. The van der Waals surface area contributed by atoms with Crippen LogP contribution in [-0.2, 0) is 24.2 Å². The van der Waals surface area contributed by atoms with Crippen LogP contribution in [-0.4, -0.2) is 49.2 Å². The number of hydrogen-bond donors (Lipinski definition) is 0. The predicted octanol–water partition coefficient (Wildman–Crippen LogP) is 4.73. The molecule has 0 spiro atoms. The van der Waals surface area contributed by atoms with Gasteiger partial charge >= 0.3 is 0 Å². The third kappa shape index (κ3) is 4.42. The molecule has 1 atom stereocenters. The minimum atomic E-state index is -0.0491. The zero-order valence-corrected chi connectivity index (χ0v) is 21.0. The van der Waals surface area contributed by atoms with Crippen LogP contribution in [0.15, 0.2) is 61.2 Å². The lowest BCUT2D eigenvalue weighted by Crippen LogP contribution is -2.39. The highest BCUT2D eigenvalue weighted by Crippen LogP contribution is 2.33. The van der Waals surface area contributed by atoms with Crippen LogP contribution in [0.1, 0.15) is 64.5 Å². The number of ether oxygens (including phenoxy) is 1. The number of pyridine rings is 1. The summed E-state index contributed by atoms with van der Waals surface area (Å²) in [4.78, 5) is 29.8. The van der Waals surface area contributed by atoms with Crippen LogP contribution in [0.4, 0.5) is 0 Å². The zero-order chi connectivity index (χ0) is 25.2. The van der Waals surface area contributed by atoms with Crippen molar-refractivity contribution in [3.8, 4) is 17.2 Å². The minimum absolute atomic E-state index is 0.00561. The van der Waals surface area contributed by atoms with Crippen molar-refractivity contribution in [2.75, 3.05) is 13.7 Å². The molecule has 0 radical (unpaired) electrons. The lowest BCUT2D eigenvalue weighted by Gasteiger charge is -2.36. The van der Waals surface area contributed by atoms with Crippen LogP contribution in [0.5, 0.6) is 0 Å². The van der Waals surface area contributed by atoms with Gasteiger partial charge in [0.1, 0.15) is 0 Å². The van der Waals surface area contributed by atoms with Gasteiger partial charge in [-0.15, -0.1) is 0 Å². The first-order valence-corrected chi connectivity index (χ1v) is 13.0. The summed E-state index contributed by atoms with van der Waals surface area (Å²) in [6.45, 7) is 0.922. The van der Waals surface area contributed by atoms with E-state index in [0.717, 1.165) is 60.9 Å². The highest BCUT2D eigenvalue weighted by atomic mass is 16.5. The van der Waals surface area contributed by atoms with E-state index in [-0.39, 0.29) is 18.6 Å². The van der Waals surface area contributed by atoms with E-state index in [0.29, 0.717) is 23.8 Å². The van der Waals surface area contributed by atoms with Crippen LogP contribution in [0.25, 0.3) is 17.2 Å². The Morgan fingerprint density at radius 3 is 2.78 bits per heavy atom. The molecular weight excluding hydrogens is 464 g/mol.